The average molecular weight is 421 g/mol. The van der Waals surface area contributed by atoms with Gasteiger partial charge < -0.3 is 10.1 Å². The minimum Gasteiger partial charge on any atom is -0.488 e. The molecular weight excluding hydrogens is 406 g/mol. The molecule has 0 saturated carbocycles. The topological polar surface area (TPSA) is 71.0 Å². The molecule has 0 bridgehead atoms. The third kappa shape index (κ3) is 3.27. The fourth-order valence-corrected chi connectivity index (χ4v) is 3.42. The number of carbonyl (C=O) groups is 2. The van der Waals surface area contributed by atoms with Gasteiger partial charge in [0, 0.05) is 18.2 Å². The molecule has 1 atom stereocenters. The lowest BCUT2D eigenvalue weighted by Gasteiger charge is -2.39. The smallest absolute Gasteiger partial charge is 0.416 e. The monoisotopic (exact) mass is 421 g/mol. The number of ether oxygens (including phenoxy) is 1. The number of fused-ring (bicyclic) bond motifs is 3. The summed E-state index contributed by atoms with van der Waals surface area (Å²) in [5.41, 5.74) is -1.60. The van der Waals surface area contributed by atoms with Gasteiger partial charge in [-0.15, -0.1) is 0 Å². The van der Waals surface area contributed by atoms with Crippen LogP contribution >= 0.6 is 0 Å². The van der Waals surface area contributed by atoms with Crippen LogP contribution in [-0.2, 0) is 15.8 Å². The molecular formula is C20H15F4N3O3. The number of halogens is 4. The molecule has 2 heterocycles. The zero-order valence-corrected chi connectivity index (χ0v) is 15.6. The Labute approximate surface area is 168 Å². The van der Waals surface area contributed by atoms with Crippen molar-refractivity contribution in [1.82, 2.24) is 0 Å². The second-order valence-corrected chi connectivity index (χ2v) is 7.05. The summed E-state index contributed by atoms with van der Waals surface area (Å²) in [5.74, 6) is -1.28. The number of benzene rings is 2. The number of nitrogens with zero attached hydrogens (tertiary/aromatic N) is 2. The van der Waals surface area contributed by atoms with E-state index in [0.717, 1.165) is 30.3 Å². The van der Waals surface area contributed by atoms with Crippen LogP contribution in [0.15, 0.2) is 47.6 Å². The molecule has 6 nitrogen and oxygen atoms in total. The van der Waals surface area contributed by atoms with E-state index >= 15 is 0 Å². The predicted molar refractivity (Wildman–Crippen MR) is 99.9 cm³/mol. The third-order valence-corrected chi connectivity index (χ3v) is 5.09. The Morgan fingerprint density at radius 1 is 1.17 bits per heavy atom. The van der Waals surface area contributed by atoms with Crippen molar-refractivity contribution >= 4 is 28.8 Å². The quantitative estimate of drug-likeness (QED) is 0.766. The Hall–Kier alpha value is -3.43. The summed E-state index contributed by atoms with van der Waals surface area (Å²) in [6.07, 6.45) is -4.55. The molecule has 10 heteroatoms. The first kappa shape index (κ1) is 19.9. The first-order valence-corrected chi connectivity index (χ1v) is 8.90. The average Bonchev–Trinajstić information content (AvgIpc) is 3.09. The molecule has 0 radical (unpaired) electrons. The van der Waals surface area contributed by atoms with Gasteiger partial charge in [-0.25, -0.2) is 9.40 Å². The summed E-state index contributed by atoms with van der Waals surface area (Å²) in [6, 6.07) is 7.72. The maximum Gasteiger partial charge on any atom is 0.416 e. The van der Waals surface area contributed by atoms with Crippen LogP contribution < -0.4 is 15.1 Å². The highest BCUT2D eigenvalue weighted by Crippen LogP contribution is 2.44. The van der Waals surface area contributed by atoms with Crippen LogP contribution in [0.2, 0.25) is 0 Å². The normalized spacial score (nSPS) is 20.0. The molecule has 2 aromatic carbocycles. The Morgan fingerprint density at radius 2 is 1.87 bits per heavy atom. The molecule has 0 aliphatic carbocycles. The number of hydrogen-bond acceptors (Lipinski definition) is 5. The van der Waals surface area contributed by atoms with Crippen LogP contribution in [0.4, 0.5) is 28.9 Å². The Balaban J connectivity index is 1.61. The molecule has 2 aromatic rings. The highest BCUT2D eigenvalue weighted by molar-refractivity contribution is 6.44. The van der Waals surface area contributed by atoms with Gasteiger partial charge in [-0.1, -0.05) is 0 Å². The van der Waals surface area contributed by atoms with E-state index in [0.29, 0.717) is 5.69 Å². The van der Waals surface area contributed by atoms with E-state index in [1.807, 2.05) is 0 Å². The van der Waals surface area contributed by atoms with Gasteiger partial charge in [0.05, 0.1) is 5.56 Å². The van der Waals surface area contributed by atoms with Gasteiger partial charge >= 0.3 is 6.18 Å². The van der Waals surface area contributed by atoms with Crippen molar-refractivity contribution in [2.24, 2.45) is 5.10 Å². The number of amides is 1. The number of anilines is 2. The maximum atomic E-state index is 13.5. The number of ketones is 1. The van der Waals surface area contributed by atoms with Crippen molar-refractivity contribution in [2.45, 2.75) is 25.1 Å². The zero-order valence-electron chi connectivity index (χ0n) is 15.6. The highest BCUT2D eigenvalue weighted by Gasteiger charge is 2.52. The molecule has 2 aliphatic rings. The van der Waals surface area contributed by atoms with Crippen molar-refractivity contribution < 1.29 is 31.9 Å². The van der Waals surface area contributed by atoms with E-state index in [4.69, 9.17) is 4.74 Å². The second-order valence-electron chi connectivity index (χ2n) is 7.05. The van der Waals surface area contributed by atoms with Crippen molar-refractivity contribution in [1.29, 1.82) is 0 Å². The number of nitrogens with one attached hydrogen (secondary N) is 1. The van der Waals surface area contributed by atoms with Crippen molar-refractivity contribution in [2.75, 3.05) is 16.9 Å². The summed E-state index contributed by atoms with van der Waals surface area (Å²) in [7, 11) is 0. The van der Waals surface area contributed by atoms with Gasteiger partial charge in [0.1, 0.15) is 29.6 Å². The maximum absolute atomic E-state index is 13.5. The third-order valence-electron chi connectivity index (χ3n) is 5.09. The van der Waals surface area contributed by atoms with Gasteiger partial charge in [0.2, 0.25) is 0 Å². The lowest BCUT2D eigenvalue weighted by Crippen LogP contribution is -2.56. The highest BCUT2D eigenvalue weighted by atomic mass is 19.4. The zero-order chi connectivity index (χ0) is 21.7. The van der Waals surface area contributed by atoms with Gasteiger partial charge in [-0.2, -0.15) is 18.3 Å². The predicted octanol–water partition coefficient (Wildman–Crippen LogP) is 3.77. The summed E-state index contributed by atoms with van der Waals surface area (Å²) < 4.78 is 57.1. The van der Waals surface area contributed by atoms with E-state index in [1.165, 1.54) is 24.1 Å². The van der Waals surface area contributed by atoms with E-state index in [9.17, 15) is 27.2 Å². The van der Waals surface area contributed by atoms with Crippen LogP contribution in [0.25, 0.3) is 0 Å². The standard InChI is InChI=1S/C20H15F4N3O3/c1-11(28)19-9-15(18(29)25-14-5-2-12(3-6-14)20(22,23)24)26-27(19)16-7-4-13(21)8-17(16)30-10-19/h2-8H,9-10H2,1H3,(H,25,29). The molecule has 0 saturated heterocycles. The Morgan fingerprint density at radius 3 is 2.50 bits per heavy atom. The van der Waals surface area contributed by atoms with E-state index in [2.05, 4.69) is 10.4 Å². The molecule has 1 amide bonds. The van der Waals surface area contributed by atoms with Crippen molar-refractivity contribution in [3.63, 3.8) is 0 Å². The number of alkyl halides is 3. The molecule has 4 rings (SSSR count). The molecule has 2 aliphatic heterocycles. The van der Waals surface area contributed by atoms with Gasteiger partial charge in [-0.05, 0) is 43.3 Å². The van der Waals surface area contributed by atoms with Crippen LogP contribution in [-0.4, -0.2) is 29.5 Å². The van der Waals surface area contributed by atoms with Crippen LogP contribution in [0, 0.1) is 5.82 Å². The minimum atomic E-state index is -4.48. The van der Waals surface area contributed by atoms with Gasteiger partial charge in [-0.3, -0.25) is 9.59 Å². The molecule has 0 aromatic heterocycles. The van der Waals surface area contributed by atoms with Crippen LogP contribution in [0.5, 0.6) is 5.75 Å². The number of carbonyl (C=O) groups excluding carboxylic acids is 2. The van der Waals surface area contributed by atoms with E-state index in [-0.39, 0.29) is 36.0 Å². The number of hydrazone groups is 1. The van der Waals surface area contributed by atoms with E-state index in [1.54, 1.807) is 0 Å². The van der Waals surface area contributed by atoms with Crippen molar-refractivity contribution in [3.05, 3.63) is 53.8 Å². The van der Waals surface area contributed by atoms with Gasteiger partial charge in [0.15, 0.2) is 11.3 Å². The molecule has 1 N–H and O–H groups in total. The Bertz CT molecular complexity index is 1070. The first-order chi connectivity index (χ1) is 14.1. The second kappa shape index (κ2) is 6.82. The summed E-state index contributed by atoms with van der Waals surface area (Å²) in [6.45, 7) is 1.22. The molecule has 156 valence electrons. The molecule has 30 heavy (non-hydrogen) atoms. The fraction of sp³-hybridized carbons (Fsp3) is 0.250. The first-order valence-electron chi connectivity index (χ1n) is 8.90. The summed E-state index contributed by atoms with van der Waals surface area (Å²) in [5, 5.41) is 8.10. The molecule has 1 unspecified atom stereocenters. The lowest BCUT2D eigenvalue weighted by atomic mass is 9.88. The Kier molecular flexibility index (Phi) is 4.52. The lowest BCUT2D eigenvalue weighted by molar-refractivity contribution is -0.137. The number of rotatable bonds is 3. The summed E-state index contributed by atoms with van der Waals surface area (Å²) >= 11 is 0. The molecule has 0 fully saturated rings. The van der Waals surface area contributed by atoms with Crippen LogP contribution in [0.3, 0.4) is 0 Å². The van der Waals surface area contributed by atoms with Gasteiger partial charge in [0.25, 0.3) is 5.91 Å². The number of hydrogen-bond donors (Lipinski definition) is 1. The SMILES string of the molecule is CC(=O)C12COc3cc(F)ccc3N1N=C(C(=O)Nc1ccc(C(F)(F)F)cc1)C2. The number of Topliss-reactive ketones (excluding diaryl/α,β-unsaturated/α-hetero) is 1. The molecule has 0 spiro atoms. The summed E-state index contributed by atoms with van der Waals surface area (Å²) in [4.78, 5) is 25.1. The minimum absolute atomic E-state index is 0.00544. The fourth-order valence-electron chi connectivity index (χ4n) is 3.42. The van der Waals surface area contributed by atoms with E-state index < -0.39 is 29.0 Å². The van der Waals surface area contributed by atoms with Crippen molar-refractivity contribution in [3.8, 4) is 5.75 Å². The van der Waals surface area contributed by atoms with Crippen LogP contribution in [0.1, 0.15) is 18.9 Å². The largest absolute Gasteiger partial charge is 0.488 e.